The number of alkyl halides is 5. The maximum atomic E-state index is 13.1. The Balaban J connectivity index is 1.41. The first-order valence-electron chi connectivity index (χ1n) is 10.6. The van der Waals surface area contributed by atoms with Gasteiger partial charge in [-0.05, 0) is 37.0 Å². The van der Waals surface area contributed by atoms with E-state index in [0.29, 0.717) is 19.3 Å². The highest BCUT2D eigenvalue weighted by molar-refractivity contribution is 5.84. The van der Waals surface area contributed by atoms with E-state index in [1.807, 2.05) is 0 Å². The van der Waals surface area contributed by atoms with Crippen molar-refractivity contribution < 1.29 is 41.1 Å². The van der Waals surface area contributed by atoms with E-state index in [4.69, 9.17) is 10.5 Å². The Morgan fingerprint density at radius 2 is 1.79 bits per heavy atom. The summed E-state index contributed by atoms with van der Waals surface area (Å²) in [4.78, 5) is 37.3. The van der Waals surface area contributed by atoms with Crippen LogP contribution in [0.25, 0.3) is 0 Å². The number of rotatable bonds is 7. The molecule has 0 aromatic heterocycles. The lowest BCUT2D eigenvalue weighted by Crippen LogP contribution is -2.84. The summed E-state index contributed by atoms with van der Waals surface area (Å²) in [6.07, 6.45) is -6.32. The van der Waals surface area contributed by atoms with Crippen molar-refractivity contribution in [1.29, 1.82) is 0 Å². The summed E-state index contributed by atoms with van der Waals surface area (Å²) in [7, 11) is 0. The number of alkyl carbamates (subject to hydrolysis) is 1. The number of hydrogen-bond donors (Lipinski definition) is 3. The molecule has 4 aliphatic rings. The van der Waals surface area contributed by atoms with Gasteiger partial charge in [0.1, 0.15) is 6.10 Å². The summed E-state index contributed by atoms with van der Waals surface area (Å²) in [6, 6.07) is 3.66. The zero-order chi connectivity index (χ0) is 24.9. The van der Waals surface area contributed by atoms with E-state index in [9.17, 15) is 36.3 Å². The lowest BCUT2D eigenvalue weighted by molar-refractivity contribution is -0.191. The second kappa shape index (κ2) is 7.98. The molecule has 8 nitrogen and oxygen atoms in total. The van der Waals surface area contributed by atoms with Crippen molar-refractivity contribution in [1.82, 2.24) is 15.5 Å². The highest BCUT2D eigenvalue weighted by Crippen LogP contribution is 2.64. The minimum atomic E-state index is -4.55. The molecule has 5 rings (SSSR count). The summed E-state index contributed by atoms with van der Waals surface area (Å²) >= 11 is 0. The zero-order valence-corrected chi connectivity index (χ0v) is 17.9. The third-order valence-electron chi connectivity index (χ3n) is 6.58. The summed E-state index contributed by atoms with van der Waals surface area (Å²) in [6.45, 7) is -0.574. The van der Waals surface area contributed by atoms with Gasteiger partial charge in [0, 0.05) is 19.4 Å². The number of nitrogens with two attached hydrogens (primary N) is 1. The minimum absolute atomic E-state index is 0.138. The number of carbonyl (C=O) groups excluding carboxylic acids is 3. The van der Waals surface area contributed by atoms with Gasteiger partial charge in [0.05, 0.1) is 23.2 Å². The number of ether oxygens (including phenoxy) is 1. The van der Waals surface area contributed by atoms with Crippen LogP contribution in [0.2, 0.25) is 0 Å². The van der Waals surface area contributed by atoms with Crippen molar-refractivity contribution >= 4 is 18.0 Å². The lowest BCUT2D eigenvalue weighted by Gasteiger charge is -2.73. The Kier molecular flexibility index (Phi) is 5.64. The van der Waals surface area contributed by atoms with Crippen molar-refractivity contribution in [3.05, 3.63) is 35.4 Å². The predicted molar refractivity (Wildman–Crippen MR) is 106 cm³/mol. The van der Waals surface area contributed by atoms with Crippen LogP contribution in [0.5, 0.6) is 0 Å². The Hall–Kier alpha value is -3.12. The molecule has 0 unspecified atom stereocenters. The molecule has 0 radical (unpaired) electrons. The van der Waals surface area contributed by atoms with Crippen molar-refractivity contribution in [2.45, 2.75) is 67.9 Å². The van der Waals surface area contributed by atoms with E-state index in [1.54, 1.807) is 0 Å². The average Bonchev–Trinajstić information content (AvgIpc) is 2.64. The molecule has 2 bridgehead atoms. The van der Waals surface area contributed by atoms with Crippen LogP contribution >= 0.6 is 0 Å². The van der Waals surface area contributed by atoms with Gasteiger partial charge in [-0.1, -0.05) is 12.1 Å². The topological polar surface area (TPSA) is 114 Å². The third-order valence-corrected chi connectivity index (χ3v) is 6.58. The summed E-state index contributed by atoms with van der Waals surface area (Å²) in [5.41, 5.74) is 3.02. The quantitative estimate of drug-likeness (QED) is 0.510. The molecule has 0 saturated heterocycles. The first-order valence-corrected chi connectivity index (χ1v) is 10.6. The highest BCUT2D eigenvalue weighted by Gasteiger charge is 2.72. The third kappa shape index (κ3) is 4.73. The highest BCUT2D eigenvalue weighted by atomic mass is 19.4. The fraction of sp³-hybridized carbons (Fsp3) is 0.571. The Labute approximate surface area is 191 Å². The summed E-state index contributed by atoms with van der Waals surface area (Å²) in [5, 5.41) is 4.85. The molecule has 1 aromatic carbocycles. The minimum Gasteiger partial charge on any atom is -0.446 e. The standard InChI is InChI=1S/C21H23F5N4O4/c22-20(23)5-14(6-20)34-17(33)29-18-9-19(10-18,11-18)30(15(31)7-28-16(27)32)8-12-2-1-3-13(4-12)21(24,25)26/h1-4,14H,5-11H2,(H,29,33)(H3,27,28,32). The van der Waals surface area contributed by atoms with Crippen molar-refractivity contribution in [3.8, 4) is 0 Å². The van der Waals surface area contributed by atoms with Crippen LogP contribution in [-0.2, 0) is 22.3 Å². The molecule has 186 valence electrons. The molecule has 4 saturated carbocycles. The van der Waals surface area contributed by atoms with Crippen LogP contribution in [0, 0.1) is 0 Å². The normalized spacial score (nSPS) is 26.9. The number of benzene rings is 1. The maximum Gasteiger partial charge on any atom is 0.416 e. The lowest BCUT2D eigenvalue weighted by atomic mass is 9.43. The van der Waals surface area contributed by atoms with Crippen molar-refractivity contribution in [3.63, 3.8) is 0 Å². The van der Waals surface area contributed by atoms with Crippen LogP contribution in [0.4, 0.5) is 31.5 Å². The van der Waals surface area contributed by atoms with Gasteiger partial charge in [-0.3, -0.25) is 4.79 Å². The fourth-order valence-corrected chi connectivity index (χ4v) is 5.05. The largest absolute Gasteiger partial charge is 0.446 e. The number of nitrogens with one attached hydrogen (secondary N) is 2. The number of carbonyl (C=O) groups is 3. The van der Waals surface area contributed by atoms with Gasteiger partial charge >= 0.3 is 18.3 Å². The van der Waals surface area contributed by atoms with E-state index in [-0.39, 0.29) is 12.1 Å². The number of halogens is 5. The molecule has 13 heteroatoms. The number of amides is 4. The molecule has 0 heterocycles. The van der Waals surface area contributed by atoms with Crippen LogP contribution in [0.15, 0.2) is 24.3 Å². The van der Waals surface area contributed by atoms with Gasteiger partial charge in [-0.25, -0.2) is 18.4 Å². The van der Waals surface area contributed by atoms with Gasteiger partial charge in [0.25, 0.3) is 5.92 Å². The fourth-order valence-electron chi connectivity index (χ4n) is 5.05. The van der Waals surface area contributed by atoms with Crippen LogP contribution in [0.3, 0.4) is 0 Å². The number of nitrogens with zero attached hydrogens (tertiary/aromatic N) is 1. The van der Waals surface area contributed by atoms with E-state index < -0.39 is 72.3 Å². The number of primary amides is 1. The second-order valence-corrected chi connectivity index (χ2v) is 9.35. The van der Waals surface area contributed by atoms with E-state index in [2.05, 4.69) is 10.6 Å². The number of urea groups is 1. The molecule has 34 heavy (non-hydrogen) atoms. The van der Waals surface area contributed by atoms with Crippen LogP contribution in [-0.4, -0.2) is 52.6 Å². The molecule has 4 aliphatic carbocycles. The first kappa shape index (κ1) is 24.0. The molecule has 0 atom stereocenters. The van der Waals surface area contributed by atoms with Gasteiger partial charge in [0.2, 0.25) is 5.91 Å². The summed E-state index contributed by atoms with van der Waals surface area (Å²) in [5.74, 6) is -3.36. The molecular weight excluding hydrogens is 467 g/mol. The smallest absolute Gasteiger partial charge is 0.416 e. The molecule has 0 spiro atoms. The molecule has 4 fully saturated rings. The van der Waals surface area contributed by atoms with Crippen LogP contribution < -0.4 is 16.4 Å². The number of hydrogen-bond acceptors (Lipinski definition) is 4. The maximum absolute atomic E-state index is 13.1. The van der Waals surface area contributed by atoms with Crippen molar-refractivity contribution in [2.24, 2.45) is 5.73 Å². The van der Waals surface area contributed by atoms with Crippen LogP contribution in [0.1, 0.15) is 43.2 Å². The van der Waals surface area contributed by atoms with Gasteiger partial charge in [-0.2, -0.15) is 13.2 Å². The second-order valence-electron chi connectivity index (χ2n) is 9.35. The first-order chi connectivity index (χ1) is 15.7. The van der Waals surface area contributed by atoms with E-state index in [1.165, 1.54) is 17.0 Å². The monoisotopic (exact) mass is 490 g/mol. The summed E-state index contributed by atoms with van der Waals surface area (Å²) < 4.78 is 70.1. The van der Waals surface area contributed by atoms with Crippen molar-refractivity contribution in [2.75, 3.05) is 6.54 Å². The molecule has 0 aliphatic heterocycles. The van der Waals surface area contributed by atoms with Gasteiger partial charge in [0.15, 0.2) is 0 Å². The van der Waals surface area contributed by atoms with Gasteiger partial charge in [-0.15, -0.1) is 0 Å². The van der Waals surface area contributed by atoms with E-state index >= 15 is 0 Å². The molecule has 1 aromatic rings. The Morgan fingerprint density at radius 3 is 2.35 bits per heavy atom. The Morgan fingerprint density at radius 1 is 1.15 bits per heavy atom. The predicted octanol–water partition coefficient (Wildman–Crippen LogP) is 2.90. The molecule has 4 N–H and O–H groups in total. The molecular formula is C21H23F5N4O4. The van der Waals surface area contributed by atoms with E-state index in [0.717, 1.165) is 12.1 Å². The van der Waals surface area contributed by atoms with Gasteiger partial charge < -0.3 is 26.0 Å². The Bertz CT molecular complexity index is 987. The zero-order valence-electron chi connectivity index (χ0n) is 17.9. The SMILES string of the molecule is NC(=O)NCC(=O)N(Cc1cccc(C(F)(F)F)c1)C12CC(NC(=O)OC3CC(F)(F)C3)(C1)C2. The average molecular weight is 490 g/mol. The molecule has 4 amide bonds.